The highest BCUT2D eigenvalue weighted by molar-refractivity contribution is 7.19. The number of aryl methyl sites for hydroxylation is 1. The highest BCUT2D eigenvalue weighted by Gasteiger charge is 2.16. The first-order valence-corrected chi connectivity index (χ1v) is 8.61. The Morgan fingerprint density at radius 2 is 1.91 bits per heavy atom. The summed E-state index contributed by atoms with van der Waals surface area (Å²) in [5, 5.41) is 4.66. The van der Waals surface area contributed by atoms with Crippen LogP contribution in [0.1, 0.15) is 4.88 Å². The Morgan fingerprint density at radius 1 is 1.09 bits per heavy atom. The van der Waals surface area contributed by atoms with E-state index >= 15 is 0 Å². The molecular weight excluding hydrogens is 312 g/mol. The van der Waals surface area contributed by atoms with Crippen LogP contribution >= 0.6 is 22.7 Å². The topological polar surface area (TPSA) is 45.8 Å². The van der Waals surface area contributed by atoms with E-state index in [0.717, 1.165) is 26.4 Å². The number of benzene rings is 1. The number of hydrogen-bond donors (Lipinski definition) is 1. The lowest BCUT2D eigenvalue weighted by molar-refractivity contribution is 1.19. The molecule has 22 heavy (non-hydrogen) atoms. The van der Waals surface area contributed by atoms with Gasteiger partial charge in [0, 0.05) is 21.4 Å². The van der Waals surface area contributed by atoms with Crippen LogP contribution in [-0.4, -0.2) is 9.97 Å². The fourth-order valence-electron chi connectivity index (χ4n) is 2.61. The highest BCUT2D eigenvalue weighted by atomic mass is 32.1. The standard InChI is InChI=1S/C17H12N2OS2/c1-10-13(11-5-3-2-4-6-11)14-16(20)18-15(19-17(14)22-10)12-7-8-21-9-12/h2-9H,1H3,(H,18,19,20). The zero-order valence-electron chi connectivity index (χ0n) is 11.8. The minimum atomic E-state index is -0.0746. The maximum absolute atomic E-state index is 12.6. The molecule has 4 rings (SSSR count). The molecule has 0 aliphatic carbocycles. The first-order chi connectivity index (χ1) is 10.7. The summed E-state index contributed by atoms with van der Waals surface area (Å²) >= 11 is 3.16. The molecule has 0 atom stereocenters. The van der Waals surface area contributed by atoms with Gasteiger partial charge in [-0.05, 0) is 23.9 Å². The zero-order valence-corrected chi connectivity index (χ0v) is 13.4. The van der Waals surface area contributed by atoms with Gasteiger partial charge in [0.2, 0.25) is 0 Å². The summed E-state index contributed by atoms with van der Waals surface area (Å²) in [6.07, 6.45) is 0. The number of nitrogens with zero attached hydrogens (tertiary/aromatic N) is 1. The van der Waals surface area contributed by atoms with Gasteiger partial charge in [-0.2, -0.15) is 11.3 Å². The van der Waals surface area contributed by atoms with Gasteiger partial charge in [0.05, 0.1) is 5.39 Å². The van der Waals surface area contributed by atoms with Gasteiger partial charge in [-0.1, -0.05) is 30.3 Å². The van der Waals surface area contributed by atoms with Crippen LogP contribution in [0.2, 0.25) is 0 Å². The van der Waals surface area contributed by atoms with E-state index in [-0.39, 0.29) is 5.56 Å². The number of fused-ring (bicyclic) bond motifs is 1. The summed E-state index contributed by atoms with van der Waals surface area (Å²) < 4.78 is 0. The smallest absolute Gasteiger partial charge is 0.260 e. The van der Waals surface area contributed by atoms with Crippen molar-refractivity contribution in [3.63, 3.8) is 0 Å². The summed E-state index contributed by atoms with van der Waals surface area (Å²) in [4.78, 5) is 22.1. The van der Waals surface area contributed by atoms with Crippen LogP contribution in [0.15, 0.2) is 52.0 Å². The SMILES string of the molecule is Cc1sc2nc(-c3ccsc3)[nH]c(=O)c2c1-c1ccccc1. The molecular formula is C17H12N2OS2. The van der Waals surface area contributed by atoms with Gasteiger partial charge < -0.3 is 4.98 Å². The molecule has 1 N–H and O–H groups in total. The number of nitrogens with one attached hydrogen (secondary N) is 1. The lowest BCUT2D eigenvalue weighted by atomic mass is 10.0. The van der Waals surface area contributed by atoms with Crippen molar-refractivity contribution in [1.82, 2.24) is 9.97 Å². The van der Waals surface area contributed by atoms with Crippen LogP contribution in [0, 0.1) is 6.92 Å². The second kappa shape index (κ2) is 5.19. The molecule has 4 aromatic rings. The Labute approximate surface area is 134 Å². The molecule has 0 bridgehead atoms. The number of H-pyrrole nitrogens is 1. The molecule has 0 unspecified atom stereocenters. The molecule has 3 nitrogen and oxygen atoms in total. The molecule has 0 fully saturated rings. The van der Waals surface area contributed by atoms with Gasteiger partial charge in [-0.15, -0.1) is 11.3 Å². The maximum Gasteiger partial charge on any atom is 0.260 e. The van der Waals surface area contributed by atoms with Crippen LogP contribution in [0.3, 0.4) is 0 Å². The Morgan fingerprint density at radius 3 is 2.64 bits per heavy atom. The number of hydrogen-bond acceptors (Lipinski definition) is 4. The molecule has 5 heteroatoms. The lowest BCUT2D eigenvalue weighted by Gasteiger charge is -2.02. The first kappa shape index (κ1) is 13.4. The zero-order chi connectivity index (χ0) is 15.1. The quantitative estimate of drug-likeness (QED) is 0.581. The lowest BCUT2D eigenvalue weighted by Crippen LogP contribution is -2.08. The molecule has 108 valence electrons. The van der Waals surface area contributed by atoms with Crippen LogP contribution < -0.4 is 5.56 Å². The van der Waals surface area contributed by atoms with E-state index in [1.807, 2.05) is 54.1 Å². The minimum absolute atomic E-state index is 0.0746. The van der Waals surface area contributed by atoms with Crippen molar-refractivity contribution in [2.75, 3.05) is 0 Å². The molecule has 0 spiro atoms. The fraction of sp³-hybridized carbons (Fsp3) is 0.0588. The van der Waals surface area contributed by atoms with Gasteiger partial charge in [-0.25, -0.2) is 4.98 Å². The first-order valence-electron chi connectivity index (χ1n) is 6.85. The Bertz CT molecular complexity index is 999. The molecule has 0 saturated heterocycles. The monoisotopic (exact) mass is 324 g/mol. The average Bonchev–Trinajstić information content (AvgIpc) is 3.15. The van der Waals surface area contributed by atoms with Crippen molar-refractivity contribution < 1.29 is 0 Å². The van der Waals surface area contributed by atoms with E-state index in [4.69, 9.17) is 0 Å². The van der Waals surface area contributed by atoms with E-state index in [9.17, 15) is 4.79 Å². The van der Waals surface area contributed by atoms with Crippen molar-refractivity contribution in [3.8, 4) is 22.5 Å². The van der Waals surface area contributed by atoms with Crippen molar-refractivity contribution in [3.05, 3.63) is 62.4 Å². The number of thiophene rings is 2. The third kappa shape index (κ3) is 2.10. The van der Waals surface area contributed by atoms with Crippen LogP contribution in [0.5, 0.6) is 0 Å². The Hall–Kier alpha value is -2.24. The molecule has 0 aliphatic heterocycles. The summed E-state index contributed by atoms with van der Waals surface area (Å²) in [5.41, 5.74) is 2.93. The normalized spacial score (nSPS) is 11.1. The van der Waals surface area contributed by atoms with Crippen molar-refractivity contribution >= 4 is 32.9 Å². The third-order valence-electron chi connectivity index (χ3n) is 3.60. The largest absolute Gasteiger partial charge is 0.306 e. The van der Waals surface area contributed by atoms with Crippen LogP contribution in [0.4, 0.5) is 0 Å². The summed E-state index contributed by atoms with van der Waals surface area (Å²) in [6, 6.07) is 12.0. The molecule has 0 amide bonds. The summed E-state index contributed by atoms with van der Waals surface area (Å²) in [7, 11) is 0. The van der Waals surface area contributed by atoms with Crippen LogP contribution in [-0.2, 0) is 0 Å². The Balaban J connectivity index is 2.02. The molecule has 0 saturated carbocycles. The van der Waals surface area contributed by atoms with E-state index in [1.165, 1.54) is 0 Å². The second-order valence-corrected chi connectivity index (χ2v) is 6.99. The Kier molecular flexibility index (Phi) is 3.17. The van der Waals surface area contributed by atoms with Gasteiger partial charge >= 0.3 is 0 Å². The van der Waals surface area contributed by atoms with Gasteiger partial charge in [0.25, 0.3) is 5.56 Å². The third-order valence-corrected chi connectivity index (χ3v) is 5.28. The predicted molar refractivity (Wildman–Crippen MR) is 93.7 cm³/mol. The summed E-state index contributed by atoms with van der Waals surface area (Å²) in [6.45, 7) is 2.04. The molecule has 1 aromatic carbocycles. The van der Waals surface area contributed by atoms with Crippen molar-refractivity contribution in [1.29, 1.82) is 0 Å². The molecule has 3 aromatic heterocycles. The maximum atomic E-state index is 12.6. The fourth-order valence-corrected chi connectivity index (χ4v) is 4.29. The van der Waals surface area contributed by atoms with Gasteiger partial charge in [0.15, 0.2) is 0 Å². The van der Waals surface area contributed by atoms with E-state index in [0.29, 0.717) is 11.2 Å². The number of aromatic amines is 1. The number of rotatable bonds is 2. The van der Waals surface area contributed by atoms with E-state index in [1.54, 1.807) is 22.7 Å². The summed E-state index contributed by atoms with van der Waals surface area (Å²) in [5.74, 6) is 0.639. The second-order valence-electron chi connectivity index (χ2n) is 5.01. The molecule has 0 aliphatic rings. The predicted octanol–water partition coefficient (Wildman–Crippen LogP) is 4.69. The van der Waals surface area contributed by atoms with Crippen molar-refractivity contribution in [2.24, 2.45) is 0 Å². The molecule has 3 heterocycles. The van der Waals surface area contributed by atoms with Crippen molar-refractivity contribution in [2.45, 2.75) is 6.92 Å². The number of aromatic nitrogens is 2. The van der Waals surface area contributed by atoms with E-state index in [2.05, 4.69) is 9.97 Å². The molecule has 0 radical (unpaired) electrons. The highest BCUT2D eigenvalue weighted by Crippen LogP contribution is 2.36. The van der Waals surface area contributed by atoms with Crippen LogP contribution in [0.25, 0.3) is 32.7 Å². The average molecular weight is 324 g/mol. The van der Waals surface area contributed by atoms with Gasteiger partial charge in [0.1, 0.15) is 10.7 Å². The minimum Gasteiger partial charge on any atom is -0.306 e. The van der Waals surface area contributed by atoms with E-state index < -0.39 is 0 Å². The van der Waals surface area contributed by atoms with Gasteiger partial charge in [-0.3, -0.25) is 4.79 Å².